The van der Waals surface area contributed by atoms with E-state index in [1.54, 1.807) is 76.8 Å². The summed E-state index contributed by atoms with van der Waals surface area (Å²) in [5, 5.41) is 0. The summed E-state index contributed by atoms with van der Waals surface area (Å²) >= 11 is 0. The van der Waals surface area contributed by atoms with E-state index in [1.165, 1.54) is 36.4 Å². The number of ether oxygens (including phenoxy) is 2. The minimum Gasteiger partial charge on any atom is -0.457 e. The molecule has 278 valence electrons. The second-order valence-corrected chi connectivity index (χ2v) is 17.1. The largest absolute Gasteiger partial charge is 0.457 e. The van der Waals surface area contributed by atoms with Crippen LogP contribution in [-0.4, -0.2) is 26.0 Å². The fourth-order valence-corrected chi connectivity index (χ4v) is 8.91. The van der Waals surface area contributed by atoms with E-state index >= 15 is 0 Å². The average Bonchev–Trinajstić information content (AvgIpc) is 3.47. The first kappa shape index (κ1) is 36.3. The van der Waals surface area contributed by atoms with Crippen molar-refractivity contribution in [3.63, 3.8) is 0 Å². The minimum atomic E-state index is -3.83. The predicted octanol–water partition coefficient (Wildman–Crippen LogP) is 9.55. The van der Waals surface area contributed by atoms with Crippen LogP contribution < -0.4 is 15.2 Å². The van der Waals surface area contributed by atoms with E-state index in [-0.39, 0.29) is 25.3 Å². The van der Waals surface area contributed by atoms with Crippen molar-refractivity contribution < 1.29 is 26.3 Å². The van der Waals surface area contributed by atoms with Gasteiger partial charge < -0.3 is 9.47 Å². The molecule has 8 aromatic rings. The van der Waals surface area contributed by atoms with Gasteiger partial charge >= 0.3 is 5.69 Å². The van der Waals surface area contributed by atoms with Crippen molar-refractivity contribution >= 4 is 30.7 Å². The summed E-state index contributed by atoms with van der Waals surface area (Å²) in [4.78, 5) is 13.6. The van der Waals surface area contributed by atoms with Gasteiger partial charge in [-0.3, -0.25) is 9.13 Å². The van der Waals surface area contributed by atoms with Gasteiger partial charge in [-0.25, -0.2) is 21.6 Å². The maximum atomic E-state index is 13.5. The van der Waals surface area contributed by atoms with Crippen molar-refractivity contribution in [3.8, 4) is 39.8 Å². The zero-order valence-electron chi connectivity index (χ0n) is 30.2. The Morgan fingerprint density at radius 1 is 0.429 bits per heavy atom. The monoisotopic (exact) mass is 778 g/mol. The molecule has 0 spiro atoms. The van der Waals surface area contributed by atoms with Crippen LogP contribution in [0, 0.1) is 6.92 Å². The van der Waals surface area contributed by atoms with Crippen LogP contribution in [0.4, 0.5) is 0 Å². The molecule has 0 aliphatic carbocycles. The predicted molar refractivity (Wildman–Crippen MR) is 216 cm³/mol. The minimum absolute atomic E-state index is 0.110. The Balaban J connectivity index is 0.893. The summed E-state index contributed by atoms with van der Waals surface area (Å²) in [6.07, 6.45) is 0. The Hall–Kier alpha value is -6.69. The van der Waals surface area contributed by atoms with E-state index in [2.05, 4.69) is 0 Å². The Morgan fingerprint density at radius 2 is 0.768 bits per heavy atom. The zero-order valence-corrected chi connectivity index (χ0v) is 31.9. The molecule has 0 aliphatic heterocycles. The molecule has 0 amide bonds. The lowest BCUT2D eigenvalue weighted by atomic mass is 10.1. The molecular formula is C45H34N2O7S2. The average molecular weight is 779 g/mol. The number of fused-ring (bicyclic) bond motifs is 1. The SMILES string of the molecule is Cc1ccc(S(=O)(=O)c2ccc(Oc3ccc(-c4ccc(Oc5ccc(S(=O)(=O)c6ccc(-n7c(=O)n(C)c8ccccc87)cc6)cc5)cc4)cc3)cc2)cc1. The molecule has 0 saturated carbocycles. The third-order valence-corrected chi connectivity index (χ3v) is 13.1. The smallest absolute Gasteiger partial charge is 0.333 e. The summed E-state index contributed by atoms with van der Waals surface area (Å²) in [5.74, 6) is 2.17. The van der Waals surface area contributed by atoms with Gasteiger partial charge in [0.15, 0.2) is 0 Å². The number of aryl methyl sites for hydroxylation is 2. The fraction of sp³-hybridized carbons (Fsp3) is 0.0444. The number of hydrogen-bond donors (Lipinski definition) is 0. The van der Waals surface area contributed by atoms with Gasteiger partial charge in [0, 0.05) is 7.05 Å². The highest BCUT2D eigenvalue weighted by Gasteiger charge is 2.20. The van der Waals surface area contributed by atoms with Crippen molar-refractivity contribution in [3.05, 3.63) is 186 Å². The molecule has 0 fully saturated rings. The highest BCUT2D eigenvalue weighted by molar-refractivity contribution is 7.91. The Kier molecular flexibility index (Phi) is 9.41. The van der Waals surface area contributed by atoms with Crippen LogP contribution in [0.15, 0.2) is 194 Å². The number of nitrogens with zero attached hydrogens (tertiary/aromatic N) is 2. The maximum absolute atomic E-state index is 13.5. The Bertz CT molecular complexity index is 2970. The summed E-state index contributed by atoms with van der Waals surface area (Å²) in [6, 6.07) is 48.1. The van der Waals surface area contributed by atoms with Crippen LogP contribution in [0.2, 0.25) is 0 Å². The summed E-state index contributed by atoms with van der Waals surface area (Å²) in [7, 11) is -5.75. The van der Waals surface area contributed by atoms with Gasteiger partial charge in [-0.15, -0.1) is 0 Å². The van der Waals surface area contributed by atoms with Crippen molar-refractivity contribution in [2.24, 2.45) is 7.05 Å². The summed E-state index contributed by atoms with van der Waals surface area (Å²) < 4.78 is 68.0. The first-order valence-corrected chi connectivity index (χ1v) is 20.5. The second-order valence-electron chi connectivity index (χ2n) is 13.2. The summed E-state index contributed by atoms with van der Waals surface area (Å²) in [6.45, 7) is 1.91. The maximum Gasteiger partial charge on any atom is 0.333 e. The first-order valence-electron chi connectivity index (χ1n) is 17.6. The van der Waals surface area contributed by atoms with E-state index in [1.807, 2.05) is 79.7 Å². The number of hydrogen-bond acceptors (Lipinski definition) is 7. The van der Waals surface area contributed by atoms with Crippen molar-refractivity contribution in [1.82, 2.24) is 9.13 Å². The lowest BCUT2D eigenvalue weighted by Crippen LogP contribution is -2.20. The molecule has 0 unspecified atom stereocenters. The lowest BCUT2D eigenvalue weighted by molar-refractivity contribution is 0.481. The molecule has 0 aliphatic rings. The molecule has 56 heavy (non-hydrogen) atoms. The number of imidazole rings is 1. The molecule has 0 N–H and O–H groups in total. The van der Waals surface area contributed by atoms with E-state index in [0.29, 0.717) is 28.7 Å². The molecule has 0 radical (unpaired) electrons. The van der Waals surface area contributed by atoms with E-state index in [4.69, 9.17) is 9.47 Å². The molecular weight excluding hydrogens is 745 g/mol. The zero-order chi connectivity index (χ0) is 39.0. The molecule has 1 heterocycles. The van der Waals surface area contributed by atoms with Gasteiger partial charge in [-0.2, -0.15) is 0 Å². The highest BCUT2D eigenvalue weighted by Crippen LogP contribution is 2.31. The molecule has 0 saturated heterocycles. The number of rotatable bonds is 10. The van der Waals surface area contributed by atoms with Crippen LogP contribution in [0.3, 0.4) is 0 Å². The van der Waals surface area contributed by atoms with E-state index in [9.17, 15) is 21.6 Å². The van der Waals surface area contributed by atoms with Crippen LogP contribution >= 0.6 is 0 Å². The van der Waals surface area contributed by atoms with Crippen molar-refractivity contribution in [2.45, 2.75) is 26.5 Å². The van der Waals surface area contributed by atoms with E-state index < -0.39 is 19.7 Å². The van der Waals surface area contributed by atoms with Gasteiger partial charge in [0.1, 0.15) is 23.0 Å². The number of sulfone groups is 2. The van der Waals surface area contributed by atoms with Crippen molar-refractivity contribution in [1.29, 1.82) is 0 Å². The number of aromatic nitrogens is 2. The molecule has 8 rings (SSSR count). The number of benzene rings is 7. The van der Waals surface area contributed by atoms with Gasteiger partial charge in [0.05, 0.1) is 36.3 Å². The Morgan fingerprint density at radius 3 is 1.18 bits per heavy atom. The van der Waals surface area contributed by atoms with E-state index in [0.717, 1.165) is 27.7 Å². The molecule has 0 bridgehead atoms. The first-order chi connectivity index (χ1) is 27.0. The third kappa shape index (κ3) is 7.01. The van der Waals surface area contributed by atoms with Gasteiger partial charge in [0.25, 0.3) is 0 Å². The normalized spacial score (nSPS) is 11.8. The second kappa shape index (κ2) is 14.5. The van der Waals surface area contributed by atoms with Crippen LogP contribution in [0.5, 0.6) is 23.0 Å². The topological polar surface area (TPSA) is 114 Å². The van der Waals surface area contributed by atoms with Gasteiger partial charge in [-0.1, -0.05) is 54.1 Å². The van der Waals surface area contributed by atoms with Gasteiger partial charge in [-0.05, 0) is 139 Å². The molecule has 7 aromatic carbocycles. The van der Waals surface area contributed by atoms with Crippen LogP contribution in [0.25, 0.3) is 27.8 Å². The Labute approximate surface area is 324 Å². The lowest BCUT2D eigenvalue weighted by Gasteiger charge is -2.10. The quantitative estimate of drug-likeness (QED) is 0.136. The van der Waals surface area contributed by atoms with Crippen molar-refractivity contribution in [2.75, 3.05) is 0 Å². The molecule has 0 atom stereocenters. The highest BCUT2D eigenvalue weighted by atomic mass is 32.2. The summed E-state index contributed by atoms with van der Waals surface area (Å²) in [5.41, 5.74) is 4.76. The van der Waals surface area contributed by atoms with Gasteiger partial charge in [0.2, 0.25) is 19.7 Å². The number of para-hydroxylation sites is 2. The molecule has 9 nitrogen and oxygen atoms in total. The van der Waals surface area contributed by atoms with Crippen LogP contribution in [-0.2, 0) is 26.7 Å². The van der Waals surface area contributed by atoms with Crippen LogP contribution in [0.1, 0.15) is 5.56 Å². The standard InChI is InChI=1S/C45H34N2O7S2/c1-31-7-23-39(24-8-31)55(49,50)41-27-19-37(20-28-41)53-35-15-9-32(10-16-35)33-11-17-36(18-12-33)54-38-21-29-42(30-22-38)56(51,52)40-25-13-34(14-26-40)47-44-6-4-3-5-43(44)46(2)45(47)48/h3-30H,1-2H3. The molecule has 1 aromatic heterocycles. The third-order valence-electron chi connectivity index (χ3n) is 9.48. The fourth-order valence-electron chi connectivity index (χ4n) is 6.38. The molecule has 11 heteroatoms.